The highest BCUT2D eigenvalue weighted by atomic mass is 16.5. The number of rotatable bonds is 7. The molecule has 0 spiro atoms. The van der Waals surface area contributed by atoms with Crippen molar-refractivity contribution in [3.05, 3.63) is 58.0 Å². The molecule has 1 aliphatic heterocycles. The molecular weight excluding hydrogens is 394 g/mol. The Morgan fingerprint density at radius 3 is 2.45 bits per heavy atom. The van der Waals surface area contributed by atoms with Crippen LogP contribution in [0.3, 0.4) is 0 Å². The molecule has 0 aliphatic carbocycles. The summed E-state index contributed by atoms with van der Waals surface area (Å²) in [5.41, 5.74) is 0.530. The van der Waals surface area contributed by atoms with Gasteiger partial charge in [0.25, 0.3) is 17.4 Å². The van der Waals surface area contributed by atoms with Gasteiger partial charge in [-0.3, -0.25) is 14.4 Å². The Kier molecular flexibility index (Phi) is 7.50. The van der Waals surface area contributed by atoms with E-state index >= 15 is 0 Å². The molecule has 0 atom stereocenters. The molecule has 2 amide bonds. The van der Waals surface area contributed by atoms with Gasteiger partial charge in [0.1, 0.15) is 11.4 Å². The Morgan fingerprint density at radius 2 is 1.81 bits per heavy atom. The standard InChI is InChI=1S/C24H31N3O4/c1-4-5-14-31-20-8-6-18(7-9-20)22(28)25-21-15-19(16-26(3)24(21)30)23(29)27-12-10-17(2)11-13-27/h6-9,15-17H,4-5,10-14H2,1-3H3,(H,25,28). The summed E-state index contributed by atoms with van der Waals surface area (Å²) in [4.78, 5) is 39.9. The Bertz CT molecular complexity index is 973. The quantitative estimate of drug-likeness (QED) is 0.686. The number of nitrogens with one attached hydrogen (secondary N) is 1. The molecule has 0 radical (unpaired) electrons. The van der Waals surface area contributed by atoms with E-state index in [-0.39, 0.29) is 17.2 Å². The summed E-state index contributed by atoms with van der Waals surface area (Å²) in [6.07, 6.45) is 5.49. The highest BCUT2D eigenvalue weighted by Crippen LogP contribution is 2.19. The number of hydrogen-bond acceptors (Lipinski definition) is 4. The molecule has 1 saturated heterocycles. The van der Waals surface area contributed by atoms with E-state index in [1.807, 2.05) is 4.90 Å². The van der Waals surface area contributed by atoms with E-state index in [0.29, 0.717) is 42.5 Å². The lowest BCUT2D eigenvalue weighted by Crippen LogP contribution is -2.38. The molecule has 2 heterocycles. The van der Waals surface area contributed by atoms with Crippen LogP contribution in [-0.4, -0.2) is 41.0 Å². The van der Waals surface area contributed by atoms with E-state index in [0.717, 1.165) is 25.7 Å². The number of nitrogens with zero attached hydrogens (tertiary/aromatic N) is 2. The zero-order chi connectivity index (χ0) is 22.4. The van der Waals surface area contributed by atoms with E-state index in [4.69, 9.17) is 4.74 Å². The van der Waals surface area contributed by atoms with Crippen LogP contribution in [0.25, 0.3) is 0 Å². The number of ether oxygens (including phenoxy) is 1. The van der Waals surface area contributed by atoms with Gasteiger partial charge in [0.05, 0.1) is 12.2 Å². The molecule has 1 N–H and O–H groups in total. The van der Waals surface area contributed by atoms with Crippen molar-refractivity contribution in [2.45, 2.75) is 39.5 Å². The van der Waals surface area contributed by atoms with E-state index in [1.165, 1.54) is 16.8 Å². The third-order valence-corrected chi connectivity index (χ3v) is 5.63. The number of piperidine rings is 1. The number of carbonyl (C=O) groups excluding carboxylic acids is 2. The fraction of sp³-hybridized carbons (Fsp3) is 0.458. The topological polar surface area (TPSA) is 80.6 Å². The number of likely N-dealkylation sites (tertiary alicyclic amines) is 1. The maximum absolute atomic E-state index is 12.9. The number of aromatic nitrogens is 1. The first-order chi connectivity index (χ1) is 14.9. The molecule has 166 valence electrons. The molecule has 31 heavy (non-hydrogen) atoms. The molecule has 1 fully saturated rings. The van der Waals surface area contributed by atoms with Gasteiger partial charge in [-0.2, -0.15) is 0 Å². The van der Waals surface area contributed by atoms with Crippen LogP contribution in [0, 0.1) is 5.92 Å². The van der Waals surface area contributed by atoms with Gasteiger partial charge in [-0.05, 0) is 55.5 Å². The number of unbranched alkanes of at least 4 members (excludes halogenated alkanes) is 1. The Morgan fingerprint density at radius 1 is 1.13 bits per heavy atom. The molecule has 0 bridgehead atoms. The fourth-order valence-electron chi connectivity index (χ4n) is 3.54. The van der Waals surface area contributed by atoms with Gasteiger partial charge < -0.3 is 19.5 Å². The maximum atomic E-state index is 12.9. The van der Waals surface area contributed by atoms with E-state index < -0.39 is 5.91 Å². The van der Waals surface area contributed by atoms with Crippen LogP contribution in [0.1, 0.15) is 60.2 Å². The van der Waals surface area contributed by atoms with Crippen LogP contribution in [0.4, 0.5) is 5.69 Å². The number of amides is 2. The first kappa shape index (κ1) is 22.6. The Hall–Kier alpha value is -3.09. The predicted molar refractivity (Wildman–Crippen MR) is 121 cm³/mol. The largest absolute Gasteiger partial charge is 0.494 e. The average Bonchev–Trinajstić information content (AvgIpc) is 2.77. The van der Waals surface area contributed by atoms with Crippen molar-refractivity contribution in [2.75, 3.05) is 25.0 Å². The molecule has 0 saturated carbocycles. The van der Waals surface area contributed by atoms with Crippen molar-refractivity contribution in [1.29, 1.82) is 0 Å². The summed E-state index contributed by atoms with van der Waals surface area (Å²) in [5.74, 6) is 0.784. The van der Waals surface area contributed by atoms with Crippen LogP contribution in [0.2, 0.25) is 0 Å². The van der Waals surface area contributed by atoms with E-state index in [1.54, 1.807) is 31.3 Å². The van der Waals surface area contributed by atoms with Gasteiger partial charge in [-0.1, -0.05) is 20.3 Å². The van der Waals surface area contributed by atoms with E-state index in [9.17, 15) is 14.4 Å². The second kappa shape index (κ2) is 10.3. The van der Waals surface area contributed by atoms with Crippen molar-refractivity contribution in [2.24, 2.45) is 13.0 Å². The third kappa shape index (κ3) is 5.75. The summed E-state index contributed by atoms with van der Waals surface area (Å²) in [6.45, 7) is 6.32. The van der Waals surface area contributed by atoms with Gasteiger partial charge >= 0.3 is 0 Å². The Balaban J connectivity index is 1.72. The van der Waals surface area contributed by atoms with Crippen molar-refractivity contribution < 1.29 is 14.3 Å². The molecule has 1 aromatic carbocycles. The van der Waals surface area contributed by atoms with Crippen LogP contribution >= 0.6 is 0 Å². The smallest absolute Gasteiger partial charge is 0.274 e. The summed E-state index contributed by atoms with van der Waals surface area (Å²) in [6, 6.07) is 8.26. The highest BCUT2D eigenvalue weighted by molar-refractivity contribution is 6.05. The lowest BCUT2D eigenvalue weighted by Gasteiger charge is -2.30. The van der Waals surface area contributed by atoms with Gasteiger partial charge in [0, 0.05) is 31.9 Å². The molecule has 1 aromatic heterocycles. The van der Waals surface area contributed by atoms with Crippen LogP contribution in [0.15, 0.2) is 41.3 Å². The van der Waals surface area contributed by atoms with Crippen LogP contribution in [-0.2, 0) is 7.05 Å². The summed E-state index contributed by atoms with van der Waals surface area (Å²) in [7, 11) is 1.58. The van der Waals surface area contributed by atoms with E-state index in [2.05, 4.69) is 19.2 Å². The molecular formula is C24H31N3O4. The van der Waals surface area contributed by atoms with Crippen molar-refractivity contribution >= 4 is 17.5 Å². The zero-order valence-electron chi connectivity index (χ0n) is 18.5. The first-order valence-electron chi connectivity index (χ1n) is 10.9. The van der Waals surface area contributed by atoms with Gasteiger partial charge in [0.15, 0.2) is 0 Å². The minimum absolute atomic E-state index is 0.0898. The fourth-order valence-corrected chi connectivity index (χ4v) is 3.54. The highest BCUT2D eigenvalue weighted by Gasteiger charge is 2.23. The Labute approximate surface area is 183 Å². The summed E-state index contributed by atoms with van der Waals surface area (Å²) in [5, 5.41) is 2.66. The molecule has 7 heteroatoms. The van der Waals surface area contributed by atoms with Gasteiger partial charge in [-0.25, -0.2) is 0 Å². The summed E-state index contributed by atoms with van der Waals surface area (Å²) < 4.78 is 6.95. The van der Waals surface area contributed by atoms with Gasteiger partial charge in [-0.15, -0.1) is 0 Å². The second-order valence-corrected chi connectivity index (χ2v) is 8.21. The van der Waals surface area contributed by atoms with Crippen molar-refractivity contribution in [3.8, 4) is 5.75 Å². The SMILES string of the molecule is CCCCOc1ccc(C(=O)Nc2cc(C(=O)N3CCC(C)CC3)cn(C)c2=O)cc1. The number of anilines is 1. The minimum atomic E-state index is -0.409. The molecule has 1 aliphatic rings. The third-order valence-electron chi connectivity index (χ3n) is 5.63. The number of pyridine rings is 1. The molecule has 7 nitrogen and oxygen atoms in total. The van der Waals surface area contributed by atoms with Crippen molar-refractivity contribution in [1.82, 2.24) is 9.47 Å². The second-order valence-electron chi connectivity index (χ2n) is 8.21. The van der Waals surface area contributed by atoms with Crippen molar-refractivity contribution in [3.63, 3.8) is 0 Å². The number of benzene rings is 1. The number of carbonyl (C=O) groups is 2. The lowest BCUT2D eigenvalue weighted by atomic mass is 9.99. The summed E-state index contributed by atoms with van der Waals surface area (Å²) >= 11 is 0. The number of hydrogen-bond donors (Lipinski definition) is 1. The first-order valence-corrected chi connectivity index (χ1v) is 10.9. The zero-order valence-corrected chi connectivity index (χ0v) is 18.5. The number of aryl methyl sites for hydroxylation is 1. The molecule has 2 aromatic rings. The van der Waals surface area contributed by atoms with Gasteiger partial charge in [0.2, 0.25) is 0 Å². The lowest BCUT2D eigenvalue weighted by molar-refractivity contribution is 0.0696. The average molecular weight is 426 g/mol. The van der Waals surface area contributed by atoms with Crippen LogP contribution in [0.5, 0.6) is 5.75 Å². The van der Waals surface area contributed by atoms with Crippen LogP contribution < -0.4 is 15.6 Å². The monoisotopic (exact) mass is 425 g/mol. The predicted octanol–water partition coefficient (Wildman–Crippen LogP) is 3.69. The minimum Gasteiger partial charge on any atom is -0.494 e. The molecule has 3 rings (SSSR count). The normalized spacial score (nSPS) is 14.4. The maximum Gasteiger partial charge on any atom is 0.274 e. The molecule has 0 unspecified atom stereocenters.